The second-order valence-corrected chi connectivity index (χ2v) is 4.30. The molecule has 0 aromatic carbocycles. The molecular formula is C6H11ClO4S. The molecule has 4 nitrogen and oxygen atoms in total. The molecule has 0 fully saturated rings. The number of hydrogen-bond donors (Lipinski definition) is 0. The highest BCUT2D eigenvalue weighted by Crippen LogP contribution is 2.03. The lowest BCUT2D eigenvalue weighted by Gasteiger charge is -1.99. The minimum absolute atomic E-state index is 0.0225. The van der Waals surface area contributed by atoms with Crippen molar-refractivity contribution in [3.05, 3.63) is 0 Å². The Balaban J connectivity index is 3.71. The Hall–Kier alpha value is -0.130. The van der Waals surface area contributed by atoms with E-state index in [1.54, 1.807) is 0 Å². The molecule has 0 amide bonds. The average molecular weight is 215 g/mol. The molecule has 6 heteroatoms. The molecule has 0 heterocycles. The molecule has 0 aliphatic heterocycles. The molecule has 72 valence electrons. The van der Waals surface area contributed by atoms with Crippen LogP contribution in [0.2, 0.25) is 0 Å². The quantitative estimate of drug-likeness (QED) is 0.398. The highest BCUT2D eigenvalue weighted by atomic mass is 35.5. The van der Waals surface area contributed by atoms with E-state index in [0.29, 0.717) is 6.42 Å². The lowest BCUT2D eigenvalue weighted by Crippen LogP contribution is -2.11. The van der Waals surface area contributed by atoms with Gasteiger partial charge >= 0.3 is 14.7 Å². The van der Waals surface area contributed by atoms with Crippen LogP contribution in [0.5, 0.6) is 0 Å². The number of hydrogen-bond acceptors (Lipinski definition) is 4. The van der Waals surface area contributed by atoms with E-state index in [0.717, 1.165) is 12.8 Å². The SMILES string of the molecule is CCCCCOS(=O)(=O)C(=O)Cl. The van der Waals surface area contributed by atoms with Crippen LogP contribution in [0.15, 0.2) is 0 Å². The molecule has 12 heavy (non-hydrogen) atoms. The highest BCUT2D eigenvalue weighted by Gasteiger charge is 2.19. The fourth-order valence-electron chi connectivity index (χ4n) is 0.567. The zero-order valence-corrected chi connectivity index (χ0v) is 8.32. The first kappa shape index (κ1) is 11.9. The van der Waals surface area contributed by atoms with Gasteiger partial charge < -0.3 is 0 Å². The minimum atomic E-state index is -4.15. The number of unbranched alkanes of at least 4 members (excludes halogenated alkanes) is 2. The van der Waals surface area contributed by atoms with Crippen molar-refractivity contribution in [2.75, 3.05) is 6.61 Å². The van der Waals surface area contributed by atoms with E-state index in [9.17, 15) is 13.2 Å². The molecule has 0 aromatic rings. The van der Waals surface area contributed by atoms with Crippen molar-refractivity contribution in [2.24, 2.45) is 0 Å². The van der Waals surface area contributed by atoms with Gasteiger partial charge in [0, 0.05) is 0 Å². The molecule has 0 aliphatic carbocycles. The van der Waals surface area contributed by atoms with E-state index in [2.05, 4.69) is 4.18 Å². The normalized spacial score (nSPS) is 11.5. The Morgan fingerprint density at radius 3 is 2.42 bits per heavy atom. The number of carbonyl (C=O) groups excluding carboxylic acids is 1. The lowest BCUT2D eigenvalue weighted by molar-refractivity contribution is 0.263. The minimum Gasteiger partial charge on any atom is -0.263 e. The predicted octanol–water partition coefficient (Wildman–Crippen LogP) is 1.88. The van der Waals surface area contributed by atoms with Gasteiger partial charge in [-0.1, -0.05) is 19.8 Å². The summed E-state index contributed by atoms with van der Waals surface area (Å²) in [6, 6.07) is 0. The van der Waals surface area contributed by atoms with Crippen LogP contribution in [0.4, 0.5) is 4.79 Å². The topological polar surface area (TPSA) is 60.4 Å². The summed E-state index contributed by atoms with van der Waals surface area (Å²) >= 11 is 4.73. The second-order valence-electron chi connectivity index (χ2n) is 2.22. The molecule has 0 aliphatic rings. The molecule has 0 spiro atoms. The molecule has 0 aromatic heterocycles. The summed E-state index contributed by atoms with van der Waals surface area (Å²) in [5.74, 6) is 0. The van der Waals surface area contributed by atoms with Crippen molar-refractivity contribution in [2.45, 2.75) is 26.2 Å². The third-order valence-corrected chi connectivity index (χ3v) is 2.62. The fourth-order valence-corrected chi connectivity index (χ4v) is 1.13. The van der Waals surface area contributed by atoms with E-state index in [-0.39, 0.29) is 6.61 Å². The van der Waals surface area contributed by atoms with E-state index in [4.69, 9.17) is 11.6 Å². The maximum Gasteiger partial charge on any atom is 0.363 e. The van der Waals surface area contributed by atoms with Gasteiger partial charge in [-0.05, 0) is 18.0 Å². The molecule has 0 saturated heterocycles. The summed E-state index contributed by atoms with van der Waals surface area (Å²) < 4.78 is 24.0. The van der Waals surface area contributed by atoms with Crippen LogP contribution in [0.1, 0.15) is 26.2 Å². The third-order valence-electron chi connectivity index (χ3n) is 1.18. The van der Waals surface area contributed by atoms with Crippen molar-refractivity contribution in [1.29, 1.82) is 0 Å². The van der Waals surface area contributed by atoms with Gasteiger partial charge in [0.2, 0.25) is 0 Å². The van der Waals surface area contributed by atoms with Crippen LogP contribution in [0.25, 0.3) is 0 Å². The molecule has 0 N–H and O–H groups in total. The van der Waals surface area contributed by atoms with E-state index in [1.807, 2.05) is 6.92 Å². The second kappa shape index (κ2) is 5.50. The Morgan fingerprint density at radius 2 is 2.00 bits per heavy atom. The fraction of sp³-hybridized carbons (Fsp3) is 0.833. The lowest BCUT2D eigenvalue weighted by atomic mass is 10.3. The summed E-state index contributed by atoms with van der Waals surface area (Å²) in [6.07, 6.45) is 2.43. The van der Waals surface area contributed by atoms with Gasteiger partial charge in [-0.25, -0.2) is 0 Å². The van der Waals surface area contributed by atoms with Crippen LogP contribution in [-0.2, 0) is 14.3 Å². The van der Waals surface area contributed by atoms with Crippen LogP contribution < -0.4 is 0 Å². The molecule has 0 unspecified atom stereocenters. The molecule has 0 rings (SSSR count). The van der Waals surface area contributed by atoms with Gasteiger partial charge in [0.15, 0.2) is 0 Å². The molecule has 0 atom stereocenters. The number of rotatable bonds is 5. The summed E-state index contributed by atoms with van der Waals surface area (Å²) in [6.45, 7) is 2.00. The molecule has 0 radical (unpaired) electrons. The monoisotopic (exact) mass is 214 g/mol. The first-order valence-electron chi connectivity index (χ1n) is 3.59. The third kappa shape index (κ3) is 4.69. The van der Waals surface area contributed by atoms with E-state index in [1.165, 1.54) is 0 Å². The summed E-state index contributed by atoms with van der Waals surface area (Å²) in [4.78, 5) is 10.2. The van der Waals surface area contributed by atoms with Crippen molar-refractivity contribution in [3.63, 3.8) is 0 Å². The van der Waals surface area contributed by atoms with Gasteiger partial charge in [-0.15, -0.1) is 0 Å². The van der Waals surface area contributed by atoms with Crippen LogP contribution in [0.3, 0.4) is 0 Å². The highest BCUT2D eigenvalue weighted by molar-refractivity contribution is 8.05. The molecular weight excluding hydrogens is 204 g/mol. The van der Waals surface area contributed by atoms with Crippen molar-refractivity contribution >= 4 is 26.3 Å². The summed E-state index contributed by atoms with van der Waals surface area (Å²) in [7, 11) is -4.15. The van der Waals surface area contributed by atoms with Crippen molar-refractivity contribution in [3.8, 4) is 0 Å². The molecule has 0 saturated carbocycles. The maximum atomic E-state index is 10.6. The summed E-state index contributed by atoms with van der Waals surface area (Å²) in [5.41, 5.74) is 0. The van der Waals surface area contributed by atoms with Gasteiger partial charge in [0.1, 0.15) is 0 Å². The van der Waals surface area contributed by atoms with E-state index >= 15 is 0 Å². The van der Waals surface area contributed by atoms with Gasteiger partial charge in [-0.3, -0.25) is 8.98 Å². The average Bonchev–Trinajstić information content (AvgIpc) is 1.98. The number of halogens is 1. The van der Waals surface area contributed by atoms with Gasteiger partial charge in [-0.2, -0.15) is 8.42 Å². The van der Waals surface area contributed by atoms with Crippen LogP contribution >= 0.6 is 11.6 Å². The smallest absolute Gasteiger partial charge is 0.263 e. The van der Waals surface area contributed by atoms with Crippen molar-refractivity contribution in [1.82, 2.24) is 0 Å². The Kier molecular flexibility index (Phi) is 5.44. The largest absolute Gasteiger partial charge is 0.363 e. The Bertz CT molecular complexity index is 234. The zero-order valence-electron chi connectivity index (χ0n) is 6.75. The van der Waals surface area contributed by atoms with Gasteiger partial charge in [0.05, 0.1) is 6.61 Å². The number of carbonyl (C=O) groups is 1. The predicted molar refractivity (Wildman–Crippen MR) is 45.6 cm³/mol. The van der Waals surface area contributed by atoms with E-state index < -0.39 is 14.7 Å². The standard InChI is InChI=1S/C6H11ClO4S/c1-2-3-4-5-11-12(9,10)6(7)8/h2-5H2,1H3. The van der Waals surface area contributed by atoms with Gasteiger partial charge in [0.25, 0.3) is 0 Å². The first-order chi connectivity index (χ1) is 5.50. The first-order valence-corrected chi connectivity index (χ1v) is 5.38. The zero-order chi connectivity index (χ0) is 9.61. The van der Waals surface area contributed by atoms with Crippen molar-refractivity contribution < 1.29 is 17.4 Å². The summed E-state index contributed by atoms with van der Waals surface area (Å²) in [5, 5.41) is 0. The maximum absolute atomic E-state index is 10.6. The van der Waals surface area contributed by atoms with Crippen LogP contribution in [-0.4, -0.2) is 19.6 Å². The molecule has 0 bridgehead atoms. The Labute approximate surface area is 77.0 Å². The Morgan fingerprint density at radius 1 is 1.42 bits per heavy atom. The van der Waals surface area contributed by atoms with Crippen LogP contribution in [0, 0.1) is 0 Å².